The van der Waals surface area contributed by atoms with Crippen molar-refractivity contribution in [2.24, 2.45) is 5.92 Å². The van der Waals surface area contributed by atoms with E-state index in [9.17, 15) is 13.6 Å². The molecular formula is C31H37F2N7O2. The maximum atomic E-state index is 14.1. The van der Waals surface area contributed by atoms with Crippen LogP contribution in [0.25, 0.3) is 17.0 Å². The highest BCUT2D eigenvalue weighted by molar-refractivity contribution is 5.91. The smallest absolute Gasteiger partial charge is 0.320 e. The van der Waals surface area contributed by atoms with Crippen LogP contribution in [0.1, 0.15) is 42.7 Å². The van der Waals surface area contributed by atoms with Gasteiger partial charge in [0.1, 0.15) is 11.5 Å². The average Bonchev–Trinajstić information content (AvgIpc) is 3.38. The molecule has 2 N–H and O–H groups in total. The molecule has 11 heteroatoms. The molecule has 9 nitrogen and oxygen atoms in total. The van der Waals surface area contributed by atoms with Crippen LogP contribution >= 0.6 is 0 Å². The third-order valence-corrected chi connectivity index (χ3v) is 8.32. The maximum Gasteiger partial charge on any atom is 0.320 e. The van der Waals surface area contributed by atoms with Crippen LogP contribution in [0.3, 0.4) is 0 Å². The molecular weight excluding hydrogens is 540 g/mol. The number of benzene rings is 1. The topological polar surface area (TPSA) is 89.2 Å². The number of urea groups is 1. The van der Waals surface area contributed by atoms with Gasteiger partial charge in [0.05, 0.1) is 24.5 Å². The first-order chi connectivity index (χ1) is 20.4. The van der Waals surface area contributed by atoms with Crippen molar-refractivity contribution in [3.05, 3.63) is 71.6 Å². The molecule has 0 unspecified atom stereocenters. The molecule has 1 aromatic carbocycles. The summed E-state index contributed by atoms with van der Waals surface area (Å²) in [5.74, 6) is -0.725. The standard InChI is InChI=1S/C31H37F2N7O2/c1-20-29(23-15-34-39(17-23)16-21-8-9-21)37-40(24-6-4-3-5-7-24)30(20)36-31(41)35-28-19-38(12-13-42-2)18-25(28)22-10-11-26(32)27(33)14-22/h4,6-7,10-11,14-15,17,21,25,28H,3,5,8-9,12-13,16,18-19H2,1-2H3,(H2,35,36,41)/t25-,28+/m0/s1. The highest BCUT2D eigenvalue weighted by atomic mass is 19.2. The van der Waals surface area contributed by atoms with Crippen LogP contribution in [0.15, 0.2) is 48.8 Å². The Morgan fingerprint density at radius 2 is 2.02 bits per heavy atom. The Morgan fingerprint density at radius 3 is 2.76 bits per heavy atom. The van der Waals surface area contributed by atoms with Gasteiger partial charge in [-0.2, -0.15) is 10.2 Å². The van der Waals surface area contributed by atoms with E-state index in [-0.39, 0.29) is 18.0 Å². The lowest BCUT2D eigenvalue weighted by atomic mass is 9.94. The summed E-state index contributed by atoms with van der Waals surface area (Å²) in [6, 6.07) is 3.25. The quantitative estimate of drug-likeness (QED) is 0.347. The Balaban J connectivity index is 1.25. The van der Waals surface area contributed by atoms with E-state index in [0.717, 1.165) is 48.0 Å². The Kier molecular flexibility index (Phi) is 8.21. The maximum absolute atomic E-state index is 14.1. The molecule has 1 saturated heterocycles. The average molecular weight is 578 g/mol. The van der Waals surface area contributed by atoms with Gasteiger partial charge in [-0.1, -0.05) is 18.2 Å². The van der Waals surface area contributed by atoms with Crippen molar-refractivity contribution < 1.29 is 18.3 Å². The highest BCUT2D eigenvalue weighted by Gasteiger charge is 2.35. The molecule has 0 bridgehead atoms. The predicted octanol–water partition coefficient (Wildman–Crippen LogP) is 5.17. The summed E-state index contributed by atoms with van der Waals surface area (Å²) in [5.41, 5.74) is 4.03. The molecule has 2 fully saturated rings. The summed E-state index contributed by atoms with van der Waals surface area (Å²) < 4.78 is 36.8. The van der Waals surface area contributed by atoms with E-state index >= 15 is 0 Å². The number of aromatic nitrogens is 4. The number of carbonyl (C=O) groups is 1. The molecule has 2 amide bonds. The summed E-state index contributed by atoms with van der Waals surface area (Å²) in [6.07, 6.45) is 14.4. The number of nitrogens with one attached hydrogen (secondary N) is 2. The number of nitrogens with zero attached hydrogens (tertiary/aromatic N) is 5. The summed E-state index contributed by atoms with van der Waals surface area (Å²) in [5, 5.41) is 15.6. The van der Waals surface area contributed by atoms with Gasteiger partial charge in [0.15, 0.2) is 11.6 Å². The van der Waals surface area contributed by atoms with E-state index in [4.69, 9.17) is 9.84 Å². The molecule has 3 aromatic rings. The number of methoxy groups -OCH3 is 1. The molecule has 42 heavy (non-hydrogen) atoms. The first-order valence-electron chi connectivity index (χ1n) is 14.6. The second kappa shape index (κ2) is 12.2. The predicted molar refractivity (Wildman–Crippen MR) is 157 cm³/mol. The minimum absolute atomic E-state index is 0.217. The van der Waals surface area contributed by atoms with E-state index in [1.54, 1.807) is 17.9 Å². The Bertz CT molecular complexity index is 1510. The number of likely N-dealkylation sites (tertiary alicyclic amines) is 1. The van der Waals surface area contributed by atoms with Gasteiger partial charge in [0, 0.05) is 56.5 Å². The largest absolute Gasteiger partial charge is 0.383 e. The van der Waals surface area contributed by atoms with Crippen molar-refractivity contribution in [1.82, 2.24) is 29.8 Å². The molecule has 6 rings (SSSR count). The minimum atomic E-state index is -0.896. The van der Waals surface area contributed by atoms with Gasteiger partial charge in [0.2, 0.25) is 0 Å². The molecule has 3 aliphatic rings. The molecule has 2 aromatic heterocycles. The van der Waals surface area contributed by atoms with E-state index in [0.29, 0.717) is 43.5 Å². The highest BCUT2D eigenvalue weighted by Crippen LogP contribution is 2.34. The van der Waals surface area contributed by atoms with Crippen LogP contribution < -0.4 is 10.6 Å². The van der Waals surface area contributed by atoms with Crippen LogP contribution in [0.2, 0.25) is 0 Å². The monoisotopic (exact) mass is 577 g/mol. The summed E-state index contributed by atoms with van der Waals surface area (Å²) >= 11 is 0. The van der Waals surface area contributed by atoms with Gasteiger partial charge < -0.3 is 10.1 Å². The Hall–Kier alpha value is -3.83. The number of hydrogen-bond acceptors (Lipinski definition) is 5. The third kappa shape index (κ3) is 6.17. The number of rotatable bonds is 10. The normalized spacial score (nSPS) is 20.6. The molecule has 222 valence electrons. The van der Waals surface area contributed by atoms with Gasteiger partial charge >= 0.3 is 6.03 Å². The third-order valence-electron chi connectivity index (χ3n) is 8.32. The zero-order chi connectivity index (χ0) is 29.2. The van der Waals surface area contributed by atoms with Crippen LogP contribution in [-0.4, -0.2) is 69.9 Å². The number of allylic oxidation sites excluding steroid dienone is 4. The van der Waals surface area contributed by atoms with Crippen LogP contribution in [-0.2, 0) is 11.3 Å². The minimum Gasteiger partial charge on any atom is -0.383 e. The van der Waals surface area contributed by atoms with Crippen LogP contribution in [0, 0.1) is 24.5 Å². The van der Waals surface area contributed by atoms with Gasteiger partial charge in [-0.3, -0.25) is 14.9 Å². The van der Waals surface area contributed by atoms with Crippen molar-refractivity contribution in [2.75, 3.05) is 38.7 Å². The van der Waals surface area contributed by atoms with Crippen molar-refractivity contribution in [3.63, 3.8) is 0 Å². The molecule has 3 heterocycles. The number of hydrogen-bond donors (Lipinski definition) is 2. The van der Waals surface area contributed by atoms with E-state index in [1.165, 1.54) is 18.9 Å². The zero-order valence-corrected chi connectivity index (χ0v) is 24.0. The van der Waals surface area contributed by atoms with E-state index < -0.39 is 11.6 Å². The fraction of sp³-hybridized carbons (Fsp3) is 0.452. The van der Waals surface area contributed by atoms with E-state index in [2.05, 4.69) is 32.8 Å². The van der Waals surface area contributed by atoms with Crippen LogP contribution in [0.5, 0.6) is 0 Å². The number of carbonyl (C=O) groups excluding carboxylic acids is 1. The van der Waals surface area contributed by atoms with Crippen molar-refractivity contribution in [1.29, 1.82) is 0 Å². The Morgan fingerprint density at radius 1 is 1.17 bits per heavy atom. The lowest BCUT2D eigenvalue weighted by molar-refractivity contribution is 0.159. The fourth-order valence-corrected chi connectivity index (χ4v) is 5.84. The lowest BCUT2D eigenvalue weighted by Gasteiger charge is -2.21. The summed E-state index contributed by atoms with van der Waals surface area (Å²) in [7, 11) is 1.64. The second-order valence-electron chi connectivity index (χ2n) is 11.5. The van der Waals surface area contributed by atoms with Gasteiger partial charge in [-0.15, -0.1) is 0 Å². The first-order valence-corrected chi connectivity index (χ1v) is 14.6. The fourth-order valence-electron chi connectivity index (χ4n) is 5.84. The molecule has 2 aliphatic carbocycles. The molecule has 1 saturated carbocycles. The SMILES string of the molecule is COCCN1C[C@@H](NC(=O)Nc2c(C)c(-c3cnn(CC4CC4)c3)nn2C2=CCCC=C2)[C@H](c2ccc(F)c(F)c2)C1. The summed E-state index contributed by atoms with van der Waals surface area (Å²) in [4.78, 5) is 15.7. The lowest BCUT2D eigenvalue weighted by Crippen LogP contribution is -2.42. The van der Waals surface area contributed by atoms with Crippen molar-refractivity contribution in [2.45, 2.75) is 51.1 Å². The van der Waals surface area contributed by atoms with E-state index in [1.807, 2.05) is 30.1 Å². The number of anilines is 1. The number of halogens is 2. The van der Waals surface area contributed by atoms with Crippen molar-refractivity contribution in [3.8, 4) is 11.3 Å². The molecule has 2 atom stereocenters. The van der Waals surface area contributed by atoms with Crippen LogP contribution in [0.4, 0.5) is 19.4 Å². The van der Waals surface area contributed by atoms with Gasteiger partial charge in [-0.05, 0) is 62.3 Å². The molecule has 0 radical (unpaired) electrons. The molecule has 1 aliphatic heterocycles. The Labute approximate surface area is 244 Å². The van der Waals surface area contributed by atoms with Gasteiger partial charge in [-0.25, -0.2) is 18.3 Å². The number of amides is 2. The van der Waals surface area contributed by atoms with Crippen molar-refractivity contribution >= 4 is 17.5 Å². The first kappa shape index (κ1) is 28.3. The van der Waals surface area contributed by atoms with Gasteiger partial charge in [0.25, 0.3) is 0 Å². The zero-order valence-electron chi connectivity index (χ0n) is 24.0. The second-order valence-corrected chi connectivity index (χ2v) is 11.5. The molecule has 0 spiro atoms. The summed E-state index contributed by atoms with van der Waals surface area (Å²) in [6.45, 7) is 5.20. The number of ether oxygens (including phenoxy) is 1.